The van der Waals surface area contributed by atoms with E-state index < -0.39 is 6.04 Å². The van der Waals surface area contributed by atoms with Gasteiger partial charge in [-0.1, -0.05) is 44.2 Å². The molecule has 1 N–H and O–H groups in total. The molecule has 0 aromatic heterocycles. The molecule has 0 heterocycles. The molecule has 0 fully saturated rings. The van der Waals surface area contributed by atoms with Crippen LogP contribution in [0.15, 0.2) is 54.6 Å². The summed E-state index contributed by atoms with van der Waals surface area (Å²) >= 11 is 0. The van der Waals surface area contributed by atoms with E-state index in [1.807, 2.05) is 44.2 Å². The van der Waals surface area contributed by atoms with Gasteiger partial charge in [0.1, 0.15) is 17.6 Å². The Balaban J connectivity index is 2.09. The summed E-state index contributed by atoms with van der Waals surface area (Å²) in [7, 11) is 0. The first-order valence-corrected chi connectivity index (χ1v) is 10.0. The van der Waals surface area contributed by atoms with Crippen molar-refractivity contribution in [2.45, 2.75) is 39.2 Å². The summed E-state index contributed by atoms with van der Waals surface area (Å²) in [6.07, 6.45) is 1.97. The Bertz CT molecular complexity index is 765. The second kappa shape index (κ2) is 11.8. The smallest absolute Gasteiger partial charge is 0.261 e. The van der Waals surface area contributed by atoms with Gasteiger partial charge in [0.05, 0.1) is 0 Å². The molecule has 0 aliphatic heterocycles. The highest BCUT2D eigenvalue weighted by Gasteiger charge is 2.28. The van der Waals surface area contributed by atoms with Crippen LogP contribution in [0.2, 0.25) is 0 Å². The molecule has 2 amide bonds. The number of nitrogens with one attached hydrogen (secondary N) is 1. The first kappa shape index (κ1) is 22.4. The van der Waals surface area contributed by atoms with Crippen molar-refractivity contribution in [3.8, 4) is 5.75 Å². The largest absolute Gasteiger partial charge is 0.484 e. The van der Waals surface area contributed by atoms with Gasteiger partial charge < -0.3 is 15.0 Å². The number of hydrogen-bond acceptors (Lipinski definition) is 3. The molecule has 0 spiro atoms. The molecule has 5 nitrogen and oxygen atoms in total. The number of hydrogen-bond donors (Lipinski definition) is 1. The van der Waals surface area contributed by atoms with E-state index in [1.165, 1.54) is 24.3 Å². The van der Waals surface area contributed by atoms with Crippen LogP contribution in [0.5, 0.6) is 5.75 Å². The molecule has 156 valence electrons. The van der Waals surface area contributed by atoms with E-state index >= 15 is 0 Å². The maximum atomic E-state index is 13.0. The number of carbonyl (C=O) groups is 2. The standard InChI is InChI=1S/C23H29FN2O3/c1-3-15-25-23(28)21(4-2)26(16-14-18-8-6-5-7-9-18)22(27)17-29-20-12-10-19(24)11-13-20/h5-13,21H,3-4,14-17H2,1-2H3,(H,25,28). The lowest BCUT2D eigenvalue weighted by atomic mass is 10.1. The third-order valence-corrected chi connectivity index (χ3v) is 4.60. The molecule has 29 heavy (non-hydrogen) atoms. The third-order valence-electron chi connectivity index (χ3n) is 4.60. The van der Waals surface area contributed by atoms with Gasteiger partial charge in [0.25, 0.3) is 5.91 Å². The summed E-state index contributed by atoms with van der Waals surface area (Å²) in [5, 5.41) is 2.88. The monoisotopic (exact) mass is 400 g/mol. The Morgan fingerprint density at radius 3 is 2.38 bits per heavy atom. The Kier molecular flexibility index (Phi) is 9.15. The third kappa shape index (κ3) is 7.22. The minimum Gasteiger partial charge on any atom is -0.484 e. The maximum absolute atomic E-state index is 13.0. The molecule has 2 aromatic carbocycles. The molecule has 0 radical (unpaired) electrons. The number of halogens is 1. The van der Waals surface area contributed by atoms with Crippen LogP contribution in [0.3, 0.4) is 0 Å². The van der Waals surface area contributed by atoms with Crippen LogP contribution in [0, 0.1) is 5.82 Å². The second-order valence-electron chi connectivity index (χ2n) is 6.78. The Morgan fingerprint density at radius 2 is 1.76 bits per heavy atom. The summed E-state index contributed by atoms with van der Waals surface area (Å²) in [6.45, 7) is 4.64. The van der Waals surface area contributed by atoms with Crippen molar-refractivity contribution in [1.82, 2.24) is 10.2 Å². The van der Waals surface area contributed by atoms with Gasteiger partial charge >= 0.3 is 0 Å². The van der Waals surface area contributed by atoms with E-state index in [0.717, 1.165) is 12.0 Å². The fourth-order valence-electron chi connectivity index (χ4n) is 3.02. The molecule has 0 aliphatic rings. The Morgan fingerprint density at radius 1 is 1.07 bits per heavy atom. The van der Waals surface area contributed by atoms with Crippen molar-refractivity contribution < 1.29 is 18.7 Å². The molecule has 0 bridgehead atoms. The molecule has 0 saturated carbocycles. The average molecular weight is 400 g/mol. The maximum Gasteiger partial charge on any atom is 0.261 e. The number of benzene rings is 2. The van der Waals surface area contributed by atoms with Crippen LogP contribution in [0.4, 0.5) is 4.39 Å². The molecular weight excluding hydrogens is 371 g/mol. The van der Waals surface area contributed by atoms with Gasteiger partial charge in [0, 0.05) is 13.1 Å². The van der Waals surface area contributed by atoms with Crippen LogP contribution in [-0.2, 0) is 16.0 Å². The van der Waals surface area contributed by atoms with Crippen molar-refractivity contribution in [3.05, 3.63) is 66.0 Å². The lowest BCUT2D eigenvalue weighted by molar-refractivity contribution is -0.142. The first-order valence-electron chi connectivity index (χ1n) is 10.0. The fraction of sp³-hybridized carbons (Fsp3) is 0.391. The summed E-state index contributed by atoms with van der Waals surface area (Å²) in [4.78, 5) is 27.1. The van der Waals surface area contributed by atoms with Gasteiger partial charge in [-0.15, -0.1) is 0 Å². The van der Waals surface area contributed by atoms with Gasteiger partial charge in [-0.05, 0) is 49.1 Å². The van der Waals surface area contributed by atoms with Crippen LogP contribution in [0.1, 0.15) is 32.3 Å². The minimum atomic E-state index is -0.561. The minimum absolute atomic E-state index is 0.155. The van der Waals surface area contributed by atoms with Crippen LogP contribution in [0.25, 0.3) is 0 Å². The molecule has 2 rings (SSSR count). The number of nitrogens with zero attached hydrogens (tertiary/aromatic N) is 1. The van der Waals surface area contributed by atoms with E-state index in [2.05, 4.69) is 5.32 Å². The zero-order chi connectivity index (χ0) is 21.1. The number of ether oxygens (including phenoxy) is 1. The van der Waals surface area contributed by atoms with E-state index in [0.29, 0.717) is 31.7 Å². The van der Waals surface area contributed by atoms with Crippen LogP contribution in [-0.4, -0.2) is 42.5 Å². The zero-order valence-electron chi connectivity index (χ0n) is 17.1. The summed E-state index contributed by atoms with van der Waals surface area (Å²) in [5.74, 6) is -0.389. The molecule has 2 aromatic rings. The SMILES string of the molecule is CCCNC(=O)C(CC)N(CCc1ccccc1)C(=O)COc1ccc(F)cc1. The number of rotatable bonds is 11. The Labute approximate surface area is 171 Å². The summed E-state index contributed by atoms with van der Waals surface area (Å²) in [5.41, 5.74) is 1.09. The van der Waals surface area contributed by atoms with Gasteiger partial charge in [-0.3, -0.25) is 9.59 Å². The van der Waals surface area contributed by atoms with Crippen molar-refractivity contribution in [2.75, 3.05) is 19.7 Å². The van der Waals surface area contributed by atoms with Gasteiger partial charge in [-0.2, -0.15) is 0 Å². The Hall–Kier alpha value is -2.89. The van der Waals surface area contributed by atoms with Gasteiger partial charge in [0.15, 0.2) is 6.61 Å². The van der Waals surface area contributed by atoms with Gasteiger partial charge in [0.2, 0.25) is 5.91 Å². The number of carbonyl (C=O) groups excluding carboxylic acids is 2. The highest BCUT2D eigenvalue weighted by atomic mass is 19.1. The average Bonchev–Trinajstić information content (AvgIpc) is 2.75. The van der Waals surface area contributed by atoms with Crippen LogP contribution < -0.4 is 10.1 Å². The van der Waals surface area contributed by atoms with E-state index in [4.69, 9.17) is 4.74 Å². The van der Waals surface area contributed by atoms with Crippen molar-refractivity contribution >= 4 is 11.8 Å². The fourth-order valence-corrected chi connectivity index (χ4v) is 3.02. The highest BCUT2D eigenvalue weighted by molar-refractivity contribution is 5.88. The molecular formula is C23H29FN2O3. The molecule has 0 aliphatic carbocycles. The predicted octanol–water partition coefficient (Wildman–Crippen LogP) is 3.58. The van der Waals surface area contributed by atoms with Crippen LogP contribution >= 0.6 is 0 Å². The van der Waals surface area contributed by atoms with Crippen molar-refractivity contribution in [3.63, 3.8) is 0 Å². The molecule has 1 unspecified atom stereocenters. The van der Waals surface area contributed by atoms with Crippen molar-refractivity contribution in [2.24, 2.45) is 0 Å². The second-order valence-corrected chi connectivity index (χ2v) is 6.78. The lowest BCUT2D eigenvalue weighted by Gasteiger charge is -2.30. The van der Waals surface area contributed by atoms with E-state index in [1.54, 1.807) is 4.90 Å². The normalized spacial score (nSPS) is 11.6. The number of amides is 2. The summed E-state index contributed by atoms with van der Waals surface area (Å²) in [6, 6.07) is 14.8. The molecule has 0 saturated heterocycles. The van der Waals surface area contributed by atoms with Gasteiger partial charge in [-0.25, -0.2) is 4.39 Å². The quantitative estimate of drug-likeness (QED) is 0.627. The first-order chi connectivity index (χ1) is 14.0. The highest BCUT2D eigenvalue weighted by Crippen LogP contribution is 2.13. The zero-order valence-corrected chi connectivity index (χ0v) is 17.1. The van der Waals surface area contributed by atoms with Crippen molar-refractivity contribution in [1.29, 1.82) is 0 Å². The predicted molar refractivity (Wildman–Crippen MR) is 111 cm³/mol. The van der Waals surface area contributed by atoms with E-state index in [9.17, 15) is 14.0 Å². The topological polar surface area (TPSA) is 58.6 Å². The lowest BCUT2D eigenvalue weighted by Crippen LogP contribution is -2.51. The molecule has 6 heteroatoms. The van der Waals surface area contributed by atoms with E-state index in [-0.39, 0.29) is 24.2 Å². The molecule has 1 atom stereocenters. The summed E-state index contributed by atoms with van der Waals surface area (Å²) < 4.78 is 18.6.